The Morgan fingerprint density at radius 2 is 1.67 bits per heavy atom. The van der Waals surface area contributed by atoms with Crippen molar-refractivity contribution in [3.8, 4) is 0 Å². The maximum atomic E-state index is 13.2. The molecule has 1 aromatic carbocycles. The Morgan fingerprint density at radius 3 is 2.12 bits per heavy atom. The largest absolute Gasteiger partial charge is 0.327 e. The summed E-state index contributed by atoms with van der Waals surface area (Å²) in [4.78, 5) is 29.3. The molecule has 0 aromatic heterocycles. The van der Waals surface area contributed by atoms with Crippen molar-refractivity contribution < 1.29 is 9.59 Å². The topological polar surface area (TPSA) is 52.7 Å². The number of carbonyl (C=O) groups excluding carboxylic acids is 2. The predicted molar refractivity (Wildman–Crippen MR) is 95.1 cm³/mol. The highest BCUT2D eigenvalue weighted by atomic mass is 16.2. The minimum atomic E-state index is -0.689. The van der Waals surface area contributed by atoms with Gasteiger partial charge in [-0.2, -0.15) is 0 Å². The van der Waals surface area contributed by atoms with Crippen LogP contribution in [-0.4, -0.2) is 53.8 Å². The van der Waals surface area contributed by atoms with Crippen LogP contribution in [0.3, 0.4) is 0 Å². The molecule has 24 heavy (non-hydrogen) atoms. The Labute approximate surface area is 144 Å². The Morgan fingerprint density at radius 1 is 1.08 bits per heavy atom. The van der Waals surface area contributed by atoms with Crippen molar-refractivity contribution in [3.05, 3.63) is 28.8 Å². The molecule has 2 fully saturated rings. The maximum Gasteiger partial charge on any atom is 0.250 e. The number of nitrogens with one attached hydrogen (secondary N) is 1. The lowest BCUT2D eigenvalue weighted by atomic mass is 9.82. The minimum absolute atomic E-state index is 0.0290. The summed E-state index contributed by atoms with van der Waals surface area (Å²) in [6.45, 7) is 8.47. The zero-order valence-corrected chi connectivity index (χ0v) is 15.1. The summed E-state index contributed by atoms with van der Waals surface area (Å²) in [6, 6.07) is 4.16. The number of amides is 2. The lowest BCUT2D eigenvalue weighted by Gasteiger charge is -2.50. The number of benzene rings is 1. The lowest BCUT2D eigenvalue weighted by molar-refractivity contribution is -0.158. The van der Waals surface area contributed by atoms with Crippen LogP contribution in [0.25, 0.3) is 0 Å². The number of aryl methyl sites for hydroxylation is 3. The van der Waals surface area contributed by atoms with Crippen LogP contribution in [-0.2, 0) is 9.59 Å². The second-order valence-electron chi connectivity index (χ2n) is 7.36. The molecule has 2 aliphatic rings. The molecular weight excluding hydrogens is 302 g/mol. The van der Waals surface area contributed by atoms with Crippen LogP contribution in [0.4, 0.5) is 5.69 Å². The van der Waals surface area contributed by atoms with Crippen molar-refractivity contribution in [1.82, 2.24) is 9.80 Å². The van der Waals surface area contributed by atoms with Gasteiger partial charge < -0.3 is 15.1 Å². The molecule has 3 rings (SSSR count). The van der Waals surface area contributed by atoms with Gasteiger partial charge in [0.25, 0.3) is 0 Å². The third kappa shape index (κ3) is 2.81. The molecule has 0 unspecified atom stereocenters. The molecule has 130 valence electrons. The van der Waals surface area contributed by atoms with Crippen LogP contribution in [0.1, 0.15) is 36.0 Å². The Hall–Kier alpha value is -1.88. The first-order valence-electron chi connectivity index (χ1n) is 8.72. The van der Waals surface area contributed by atoms with Gasteiger partial charge in [-0.3, -0.25) is 9.59 Å². The minimum Gasteiger partial charge on any atom is -0.327 e. The van der Waals surface area contributed by atoms with Crippen molar-refractivity contribution in [2.75, 3.05) is 32.0 Å². The number of likely N-dealkylation sites (tertiary alicyclic amines) is 2. The van der Waals surface area contributed by atoms with Gasteiger partial charge in [-0.15, -0.1) is 0 Å². The van der Waals surface area contributed by atoms with Crippen LogP contribution in [0.15, 0.2) is 12.1 Å². The van der Waals surface area contributed by atoms with E-state index < -0.39 is 5.54 Å². The van der Waals surface area contributed by atoms with E-state index >= 15 is 0 Å². The second-order valence-corrected chi connectivity index (χ2v) is 7.36. The van der Waals surface area contributed by atoms with Crippen LogP contribution in [0, 0.1) is 20.8 Å². The Bertz CT molecular complexity index is 652. The Kier molecular flexibility index (Phi) is 4.38. The number of piperidine rings is 1. The monoisotopic (exact) mass is 329 g/mol. The normalized spacial score (nSPS) is 20.7. The van der Waals surface area contributed by atoms with Gasteiger partial charge in [0.2, 0.25) is 11.8 Å². The van der Waals surface area contributed by atoms with Gasteiger partial charge >= 0.3 is 0 Å². The van der Waals surface area contributed by atoms with E-state index in [1.54, 1.807) is 4.90 Å². The molecular formula is C19H27N3O2. The third-order valence-electron chi connectivity index (χ3n) is 5.52. The number of nitrogens with zero attached hydrogens (tertiary/aromatic N) is 2. The maximum absolute atomic E-state index is 13.2. The van der Waals surface area contributed by atoms with Gasteiger partial charge in [0.1, 0.15) is 5.54 Å². The Balaban J connectivity index is 1.89. The SMILES string of the molecule is Cc1cc(C)c(NC(=O)C2(N3CCC3=O)CCN(C)CC2)c(C)c1. The molecule has 1 aromatic rings. The first kappa shape index (κ1) is 17.0. The zero-order valence-electron chi connectivity index (χ0n) is 15.1. The van der Waals surface area contributed by atoms with Crippen molar-refractivity contribution in [3.63, 3.8) is 0 Å². The van der Waals surface area contributed by atoms with Gasteiger partial charge in [-0.1, -0.05) is 17.7 Å². The molecule has 5 nitrogen and oxygen atoms in total. The van der Waals surface area contributed by atoms with E-state index in [0.29, 0.717) is 25.8 Å². The first-order valence-corrected chi connectivity index (χ1v) is 8.72. The number of β-lactam (4-membered cyclic amide) rings is 1. The number of hydrogen-bond donors (Lipinski definition) is 1. The highest BCUT2D eigenvalue weighted by Gasteiger charge is 2.50. The number of hydrogen-bond acceptors (Lipinski definition) is 3. The molecule has 0 atom stereocenters. The van der Waals surface area contributed by atoms with Crippen molar-refractivity contribution in [2.24, 2.45) is 0 Å². The molecule has 5 heteroatoms. The van der Waals surface area contributed by atoms with E-state index in [2.05, 4.69) is 36.3 Å². The standard InChI is InChI=1S/C19H27N3O2/c1-13-11-14(2)17(15(3)12-13)20-18(24)19(22-8-5-16(22)23)6-9-21(4)10-7-19/h11-12H,5-10H2,1-4H3,(H,20,24). The summed E-state index contributed by atoms with van der Waals surface area (Å²) in [5.41, 5.74) is 3.52. The van der Waals surface area contributed by atoms with Crippen molar-refractivity contribution in [2.45, 2.75) is 45.6 Å². The summed E-state index contributed by atoms with van der Waals surface area (Å²) in [5, 5.41) is 3.15. The fourth-order valence-corrected chi connectivity index (χ4v) is 3.98. The van der Waals surface area contributed by atoms with E-state index in [1.807, 2.05) is 13.8 Å². The lowest BCUT2D eigenvalue weighted by Crippen LogP contribution is -2.67. The average molecular weight is 329 g/mol. The van der Waals surface area contributed by atoms with E-state index in [0.717, 1.165) is 29.9 Å². The molecule has 2 saturated heterocycles. The van der Waals surface area contributed by atoms with Gasteiger partial charge in [0, 0.05) is 31.7 Å². The quantitative estimate of drug-likeness (QED) is 0.866. The van der Waals surface area contributed by atoms with Crippen LogP contribution in [0.2, 0.25) is 0 Å². The molecule has 1 N–H and O–H groups in total. The van der Waals surface area contributed by atoms with Crippen LogP contribution >= 0.6 is 0 Å². The molecule has 2 heterocycles. The fraction of sp³-hybridized carbons (Fsp3) is 0.579. The van der Waals surface area contributed by atoms with Gasteiger partial charge in [0.05, 0.1) is 0 Å². The van der Waals surface area contributed by atoms with Gasteiger partial charge in [-0.25, -0.2) is 0 Å². The molecule has 0 aliphatic carbocycles. The summed E-state index contributed by atoms with van der Waals surface area (Å²) in [7, 11) is 2.06. The second kappa shape index (κ2) is 6.20. The van der Waals surface area contributed by atoms with E-state index in [1.165, 1.54) is 5.56 Å². The molecule has 0 spiro atoms. The van der Waals surface area contributed by atoms with Gasteiger partial charge in [-0.05, 0) is 51.8 Å². The molecule has 0 bridgehead atoms. The van der Waals surface area contributed by atoms with Crippen LogP contribution < -0.4 is 5.32 Å². The highest BCUT2D eigenvalue weighted by molar-refractivity contribution is 6.02. The third-order valence-corrected chi connectivity index (χ3v) is 5.52. The van der Waals surface area contributed by atoms with Gasteiger partial charge in [0.15, 0.2) is 0 Å². The number of anilines is 1. The van der Waals surface area contributed by atoms with Crippen molar-refractivity contribution in [1.29, 1.82) is 0 Å². The van der Waals surface area contributed by atoms with E-state index in [4.69, 9.17) is 0 Å². The van der Waals surface area contributed by atoms with E-state index in [9.17, 15) is 9.59 Å². The number of carbonyl (C=O) groups is 2. The first-order chi connectivity index (χ1) is 11.3. The zero-order chi connectivity index (χ0) is 17.5. The highest BCUT2D eigenvalue weighted by Crippen LogP contribution is 2.35. The summed E-state index contributed by atoms with van der Waals surface area (Å²) < 4.78 is 0. The molecule has 2 amide bonds. The molecule has 2 aliphatic heterocycles. The fourth-order valence-electron chi connectivity index (χ4n) is 3.98. The molecule has 0 radical (unpaired) electrons. The van der Waals surface area contributed by atoms with Crippen LogP contribution in [0.5, 0.6) is 0 Å². The van der Waals surface area contributed by atoms with Crippen molar-refractivity contribution >= 4 is 17.5 Å². The number of rotatable bonds is 3. The molecule has 0 saturated carbocycles. The summed E-state index contributed by atoms with van der Waals surface area (Å²) >= 11 is 0. The summed E-state index contributed by atoms with van der Waals surface area (Å²) in [6.07, 6.45) is 1.96. The summed E-state index contributed by atoms with van der Waals surface area (Å²) in [5.74, 6) is 0.0748. The van der Waals surface area contributed by atoms with E-state index in [-0.39, 0.29) is 11.8 Å². The smallest absolute Gasteiger partial charge is 0.250 e. The predicted octanol–water partition coefficient (Wildman–Crippen LogP) is 2.25. The average Bonchev–Trinajstić information content (AvgIpc) is 2.51.